The van der Waals surface area contributed by atoms with E-state index >= 15 is 0 Å². The van der Waals surface area contributed by atoms with E-state index in [-0.39, 0.29) is 12.1 Å². The molecule has 1 saturated carbocycles. The zero-order valence-corrected chi connectivity index (χ0v) is 15.7. The van der Waals surface area contributed by atoms with Gasteiger partial charge in [-0.2, -0.15) is 0 Å². The Kier molecular flexibility index (Phi) is 6.00. The summed E-state index contributed by atoms with van der Waals surface area (Å²) in [4.78, 5) is 14.7. The molecule has 1 aromatic rings. The van der Waals surface area contributed by atoms with E-state index in [1.165, 1.54) is 38.8 Å². The molecule has 0 atom stereocenters. The highest BCUT2D eigenvalue weighted by molar-refractivity contribution is 5.67. The standard InChI is InChI=1S/C21H32N2O2/c1-21(2)12-14-23(15-13-21)19-10-8-18(9-11-19)22-20(24)25-16-17-6-4-3-5-7-17/h3-7,18-19H,8-16H2,1-2H3,(H,22,24)/t18-,19-. The molecule has 0 bridgehead atoms. The molecule has 0 spiro atoms. The molecule has 1 saturated heterocycles. The van der Waals surface area contributed by atoms with Crippen molar-refractivity contribution >= 4 is 6.09 Å². The van der Waals surface area contributed by atoms with Crippen LogP contribution in [0.1, 0.15) is 57.9 Å². The lowest BCUT2D eigenvalue weighted by atomic mass is 9.81. The number of amides is 1. The van der Waals surface area contributed by atoms with Gasteiger partial charge in [-0.25, -0.2) is 4.79 Å². The molecule has 2 aliphatic rings. The minimum atomic E-state index is -0.285. The Morgan fingerprint density at radius 2 is 1.76 bits per heavy atom. The number of likely N-dealkylation sites (tertiary alicyclic amines) is 1. The lowest BCUT2D eigenvalue weighted by Gasteiger charge is -2.43. The highest BCUT2D eigenvalue weighted by Crippen LogP contribution is 2.33. The molecule has 4 heteroatoms. The molecule has 3 rings (SSSR count). The van der Waals surface area contributed by atoms with E-state index < -0.39 is 0 Å². The summed E-state index contributed by atoms with van der Waals surface area (Å²) in [6.45, 7) is 7.56. The van der Waals surface area contributed by atoms with Crippen LogP contribution in [0.2, 0.25) is 0 Å². The smallest absolute Gasteiger partial charge is 0.407 e. The predicted molar refractivity (Wildman–Crippen MR) is 100 cm³/mol. The van der Waals surface area contributed by atoms with Gasteiger partial charge in [-0.15, -0.1) is 0 Å². The van der Waals surface area contributed by atoms with Crippen molar-refractivity contribution in [2.75, 3.05) is 13.1 Å². The molecule has 1 amide bonds. The molecule has 2 fully saturated rings. The lowest BCUT2D eigenvalue weighted by Crippen LogP contribution is -2.47. The molecule has 0 unspecified atom stereocenters. The Morgan fingerprint density at radius 3 is 2.40 bits per heavy atom. The second kappa shape index (κ2) is 8.22. The van der Waals surface area contributed by atoms with Gasteiger partial charge in [0.2, 0.25) is 0 Å². The lowest BCUT2D eigenvalue weighted by molar-refractivity contribution is 0.0696. The van der Waals surface area contributed by atoms with Crippen molar-refractivity contribution in [2.24, 2.45) is 5.41 Å². The number of ether oxygens (including phenoxy) is 1. The van der Waals surface area contributed by atoms with Gasteiger partial charge in [0.1, 0.15) is 6.61 Å². The van der Waals surface area contributed by atoms with Crippen LogP contribution in [0.3, 0.4) is 0 Å². The molecule has 1 aliphatic heterocycles. The van der Waals surface area contributed by atoms with E-state index in [0.29, 0.717) is 18.1 Å². The molecule has 0 radical (unpaired) electrons. The van der Waals surface area contributed by atoms with Crippen molar-refractivity contribution in [3.05, 3.63) is 35.9 Å². The van der Waals surface area contributed by atoms with Crippen molar-refractivity contribution in [1.29, 1.82) is 0 Å². The maximum Gasteiger partial charge on any atom is 0.407 e. The fraction of sp³-hybridized carbons (Fsp3) is 0.667. The van der Waals surface area contributed by atoms with Crippen LogP contribution < -0.4 is 5.32 Å². The zero-order chi connectivity index (χ0) is 17.7. The van der Waals surface area contributed by atoms with E-state index in [0.717, 1.165) is 18.4 Å². The number of rotatable bonds is 4. The molecule has 1 N–H and O–H groups in total. The number of carbonyl (C=O) groups is 1. The van der Waals surface area contributed by atoms with Gasteiger partial charge in [0, 0.05) is 12.1 Å². The molecule has 0 aromatic heterocycles. The predicted octanol–water partition coefficient (Wildman–Crippen LogP) is 4.35. The van der Waals surface area contributed by atoms with E-state index in [1.54, 1.807) is 0 Å². The number of nitrogens with one attached hydrogen (secondary N) is 1. The van der Waals surface area contributed by atoms with Crippen LogP contribution in [-0.2, 0) is 11.3 Å². The molecule has 25 heavy (non-hydrogen) atoms. The first-order valence-electron chi connectivity index (χ1n) is 9.73. The zero-order valence-electron chi connectivity index (χ0n) is 15.7. The van der Waals surface area contributed by atoms with Gasteiger partial charge in [0.15, 0.2) is 0 Å². The number of hydrogen-bond donors (Lipinski definition) is 1. The number of carbonyl (C=O) groups excluding carboxylic acids is 1. The maximum atomic E-state index is 12.0. The monoisotopic (exact) mass is 344 g/mol. The van der Waals surface area contributed by atoms with Crippen LogP contribution >= 0.6 is 0 Å². The summed E-state index contributed by atoms with van der Waals surface area (Å²) in [7, 11) is 0. The third-order valence-corrected chi connectivity index (χ3v) is 5.90. The number of piperidine rings is 1. The third-order valence-electron chi connectivity index (χ3n) is 5.90. The van der Waals surface area contributed by atoms with Crippen LogP contribution in [0.15, 0.2) is 30.3 Å². The Balaban J connectivity index is 1.35. The minimum absolute atomic E-state index is 0.265. The summed E-state index contributed by atoms with van der Waals surface area (Å²) in [5, 5.41) is 3.05. The van der Waals surface area contributed by atoms with Crippen molar-refractivity contribution < 1.29 is 9.53 Å². The summed E-state index contributed by atoms with van der Waals surface area (Å²) < 4.78 is 5.34. The third kappa shape index (κ3) is 5.46. The Morgan fingerprint density at radius 1 is 1.12 bits per heavy atom. The Hall–Kier alpha value is -1.55. The van der Waals surface area contributed by atoms with Crippen LogP contribution in [0, 0.1) is 5.41 Å². The van der Waals surface area contributed by atoms with Crippen LogP contribution in [0.5, 0.6) is 0 Å². The number of benzene rings is 1. The fourth-order valence-corrected chi connectivity index (χ4v) is 4.01. The topological polar surface area (TPSA) is 41.6 Å². The summed E-state index contributed by atoms with van der Waals surface area (Å²) in [5.41, 5.74) is 1.53. The first-order valence-corrected chi connectivity index (χ1v) is 9.73. The van der Waals surface area contributed by atoms with Crippen LogP contribution in [-0.4, -0.2) is 36.2 Å². The van der Waals surface area contributed by atoms with Gasteiger partial charge in [-0.1, -0.05) is 44.2 Å². The molecule has 138 valence electrons. The van der Waals surface area contributed by atoms with E-state index in [9.17, 15) is 4.79 Å². The normalized spacial score (nSPS) is 26.8. The first kappa shape index (κ1) is 18.2. The van der Waals surface area contributed by atoms with Crippen LogP contribution in [0.25, 0.3) is 0 Å². The van der Waals surface area contributed by atoms with Crippen molar-refractivity contribution in [3.8, 4) is 0 Å². The average molecular weight is 344 g/mol. The fourth-order valence-electron chi connectivity index (χ4n) is 4.01. The Bertz CT molecular complexity index is 540. The van der Waals surface area contributed by atoms with Crippen molar-refractivity contribution in [2.45, 2.75) is 71.1 Å². The molecule has 1 aliphatic carbocycles. The van der Waals surface area contributed by atoms with E-state index in [4.69, 9.17) is 4.74 Å². The molecular weight excluding hydrogens is 312 g/mol. The highest BCUT2D eigenvalue weighted by atomic mass is 16.5. The quantitative estimate of drug-likeness (QED) is 0.883. The van der Waals surface area contributed by atoms with Crippen LogP contribution in [0.4, 0.5) is 4.79 Å². The van der Waals surface area contributed by atoms with Gasteiger partial charge >= 0.3 is 6.09 Å². The number of alkyl carbamates (subject to hydrolysis) is 1. The van der Waals surface area contributed by atoms with Gasteiger partial charge in [-0.3, -0.25) is 0 Å². The van der Waals surface area contributed by atoms with E-state index in [2.05, 4.69) is 24.1 Å². The van der Waals surface area contributed by atoms with Crippen molar-refractivity contribution in [1.82, 2.24) is 10.2 Å². The SMILES string of the molecule is CC1(C)CCN([C@H]2CC[C@H](NC(=O)OCc3ccccc3)CC2)CC1. The highest BCUT2D eigenvalue weighted by Gasteiger charge is 2.32. The van der Waals surface area contributed by atoms with Crippen molar-refractivity contribution in [3.63, 3.8) is 0 Å². The molecule has 1 aromatic carbocycles. The molecule has 1 heterocycles. The van der Waals surface area contributed by atoms with Gasteiger partial charge in [0.25, 0.3) is 0 Å². The number of hydrogen-bond acceptors (Lipinski definition) is 3. The second-order valence-corrected chi connectivity index (χ2v) is 8.41. The maximum absolute atomic E-state index is 12.0. The minimum Gasteiger partial charge on any atom is -0.445 e. The van der Waals surface area contributed by atoms with Gasteiger partial charge in [-0.05, 0) is 62.6 Å². The number of nitrogens with zero attached hydrogens (tertiary/aromatic N) is 1. The average Bonchev–Trinajstić information content (AvgIpc) is 2.62. The van der Waals surface area contributed by atoms with Gasteiger partial charge in [0.05, 0.1) is 0 Å². The molecular formula is C21H32N2O2. The largest absolute Gasteiger partial charge is 0.445 e. The first-order chi connectivity index (χ1) is 12.0. The second-order valence-electron chi connectivity index (χ2n) is 8.41. The summed E-state index contributed by atoms with van der Waals surface area (Å²) in [5.74, 6) is 0. The summed E-state index contributed by atoms with van der Waals surface area (Å²) in [6, 6.07) is 10.8. The Labute approximate surface area is 151 Å². The van der Waals surface area contributed by atoms with Gasteiger partial charge < -0.3 is 15.0 Å². The summed E-state index contributed by atoms with van der Waals surface area (Å²) >= 11 is 0. The van der Waals surface area contributed by atoms with E-state index in [1.807, 2.05) is 30.3 Å². The molecule has 4 nitrogen and oxygen atoms in total. The summed E-state index contributed by atoms with van der Waals surface area (Å²) in [6.07, 6.45) is 6.81.